The van der Waals surface area contributed by atoms with Gasteiger partial charge in [0.15, 0.2) is 0 Å². The van der Waals surface area contributed by atoms with Crippen LogP contribution in [0.15, 0.2) is 28.7 Å². The highest BCUT2D eigenvalue weighted by molar-refractivity contribution is 9.10. The Morgan fingerprint density at radius 2 is 2.31 bits per heavy atom. The van der Waals surface area contributed by atoms with E-state index in [2.05, 4.69) is 41.1 Å². The minimum Gasteiger partial charge on any atom is -0.378 e. The van der Waals surface area contributed by atoms with Crippen LogP contribution in [-0.2, 0) is 15.1 Å². The van der Waals surface area contributed by atoms with Crippen LogP contribution < -0.4 is 0 Å². The zero-order valence-corrected chi connectivity index (χ0v) is 11.3. The number of hydrogen-bond donors (Lipinski definition) is 0. The molecule has 2 atom stereocenters. The van der Waals surface area contributed by atoms with Gasteiger partial charge in [-0.25, -0.2) is 0 Å². The summed E-state index contributed by atoms with van der Waals surface area (Å²) in [4.78, 5) is 0. The van der Waals surface area contributed by atoms with Crippen molar-refractivity contribution in [1.29, 1.82) is 0 Å². The first-order valence-corrected chi connectivity index (χ1v) is 6.38. The lowest BCUT2D eigenvalue weighted by molar-refractivity contribution is -0.122. The summed E-state index contributed by atoms with van der Waals surface area (Å²) in [5, 5.41) is 0. The van der Waals surface area contributed by atoms with Crippen LogP contribution in [0.5, 0.6) is 0 Å². The minimum absolute atomic E-state index is 0.179. The Hall–Kier alpha value is -0.380. The molecular formula is C13H17BrO2. The molecule has 0 bridgehead atoms. The highest BCUT2D eigenvalue weighted by Crippen LogP contribution is 2.38. The van der Waals surface area contributed by atoms with Crippen molar-refractivity contribution in [3.8, 4) is 0 Å². The SMILES string of the molecule is COC1(c2cccc(Br)c2)CCOC(C)C1. The van der Waals surface area contributed by atoms with Crippen LogP contribution in [0, 0.1) is 0 Å². The predicted molar refractivity (Wildman–Crippen MR) is 67.5 cm³/mol. The van der Waals surface area contributed by atoms with Crippen molar-refractivity contribution in [2.45, 2.75) is 31.5 Å². The number of ether oxygens (including phenoxy) is 2. The fraction of sp³-hybridized carbons (Fsp3) is 0.538. The third-order valence-corrected chi connectivity index (χ3v) is 3.76. The van der Waals surface area contributed by atoms with E-state index in [1.54, 1.807) is 7.11 Å². The van der Waals surface area contributed by atoms with Gasteiger partial charge >= 0.3 is 0 Å². The molecule has 0 spiro atoms. The smallest absolute Gasteiger partial charge is 0.0974 e. The highest BCUT2D eigenvalue weighted by atomic mass is 79.9. The van der Waals surface area contributed by atoms with Gasteiger partial charge in [0.25, 0.3) is 0 Å². The molecule has 16 heavy (non-hydrogen) atoms. The zero-order valence-electron chi connectivity index (χ0n) is 9.70. The molecule has 1 aromatic rings. The van der Waals surface area contributed by atoms with Gasteiger partial charge in [-0.2, -0.15) is 0 Å². The molecule has 0 radical (unpaired) electrons. The molecule has 1 heterocycles. The molecule has 0 aliphatic carbocycles. The number of halogens is 1. The number of benzene rings is 1. The molecule has 2 unspecified atom stereocenters. The van der Waals surface area contributed by atoms with Crippen molar-refractivity contribution in [1.82, 2.24) is 0 Å². The molecule has 0 aromatic heterocycles. The number of methoxy groups -OCH3 is 1. The van der Waals surface area contributed by atoms with E-state index < -0.39 is 0 Å². The Morgan fingerprint density at radius 1 is 1.50 bits per heavy atom. The zero-order chi connectivity index (χ0) is 11.6. The quantitative estimate of drug-likeness (QED) is 0.828. The molecule has 1 aromatic carbocycles. The maximum absolute atomic E-state index is 5.79. The van der Waals surface area contributed by atoms with Crippen molar-refractivity contribution in [3.63, 3.8) is 0 Å². The largest absolute Gasteiger partial charge is 0.378 e. The van der Waals surface area contributed by atoms with Gasteiger partial charge in [-0.3, -0.25) is 0 Å². The Balaban J connectivity index is 2.33. The molecule has 3 heteroatoms. The minimum atomic E-state index is -0.179. The summed E-state index contributed by atoms with van der Waals surface area (Å²) in [7, 11) is 1.79. The average molecular weight is 285 g/mol. The van der Waals surface area contributed by atoms with Crippen molar-refractivity contribution >= 4 is 15.9 Å². The molecular weight excluding hydrogens is 268 g/mol. The highest BCUT2D eigenvalue weighted by Gasteiger charge is 2.37. The summed E-state index contributed by atoms with van der Waals surface area (Å²) < 4.78 is 12.5. The first-order valence-electron chi connectivity index (χ1n) is 5.59. The Bertz CT molecular complexity index is 367. The van der Waals surface area contributed by atoms with E-state index in [4.69, 9.17) is 9.47 Å². The van der Waals surface area contributed by atoms with Gasteiger partial charge in [-0.15, -0.1) is 0 Å². The van der Waals surface area contributed by atoms with Gasteiger partial charge in [-0.1, -0.05) is 28.1 Å². The van der Waals surface area contributed by atoms with E-state index in [1.807, 2.05) is 6.07 Å². The Labute approximate surface area is 105 Å². The van der Waals surface area contributed by atoms with Crippen LogP contribution in [0.1, 0.15) is 25.3 Å². The molecule has 0 N–H and O–H groups in total. The summed E-state index contributed by atoms with van der Waals surface area (Å²) in [5.74, 6) is 0. The summed E-state index contributed by atoms with van der Waals surface area (Å²) >= 11 is 3.51. The molecule has 2 nitrogen and oxygen atoms in total. The maximum atomic E-state index is 5.79. The Morgan fingerprint density at radius 3 is 2.94 bits per heavy atom. The standard InChI is InChI=1S/C13H17BrO2/c1-10-9-13(15-2,6-7-16-10)11-4-3-5-12(14)8-11/h3-5,8,10H,6-7,9H2,1-2H3. The predicted octanol–water partition coefficient (Wildman–Crippen LogP) is 3.49. The van der Waals surface area contributed by atoms with Crippen LogP contribution in [0.2, 0.25) is 0 Å². The second kappa shape index (κ2) is 4.86. The summed E-state index contributed by atoms with van der Waals surface area (Å²) in [6.07, 6.45) is 2.09. The van der Waals surface area contributed by atoms with Gasteiger partial charge < -0.3 is 9.47 Å². The topological polar surface area (TPSA) is 18.5 Å². The van der Waals surface area contributed by atoms with E-state index in [9.17, 15) is 0 Å². The van der Waals surface area contributed by atoms with Gasteiger partial charge in [0.2, 0.25) is 0 Å². The maximum Gasteiger partial charge on any atom is 0.0974 e. The van der Waals surface area contributed by atoms with Crippen LogP contribution in [0.4, 0.5) is 0 Å². The summed E-state index contributed by atoms with van der Waals surface area (Å²) in [6.45, 7) is 2.87. The normalized spacial score (nSPS) is 30.3. The van der Waals surface area contributed by atoms with E-state index in [1.165, 1.54) is 5.56 Å². The van der Waals surface area contributed by atoms with Crippen LogP contribution >= 0.6 is 15.9 Å². The van der Waals surface area contributed by atoms with Crippen molar-refractivity contribution in [2.24, 2.45) is 0 Å². The summed E-state index contributed by atoms with van der Waals surface area (Å²) in [5.41, 5.74) is 1.06. The van der Waals surface area contributed by atoms with Gasteiger partial charge in [0.05, 0.1) is 18.3 Å². The second-order valence-electron chi connectivity index (χ2n) is 4.34. The molecule has 0 amide bonds. The van der Waals surface area contributed by atoms with E-state index in [0.29, 0.717) is 0 Å². The molecule has 0 saturated carbocycles. The first kappa shape index (κ1) is 12.1. The third kappa shape index (κ3) is 2.31. The van der Waals surface area contributed by atoms with Crippen LogP contribution in [0.25, 0.3) is 0 Å². The molecule has 1 aliphatic rings. The fourth-order valence-corrected chi connectivity index (χ4v) is 2.79. The molecule has 1 fully saturated rings. The van der Waals surface area contributed by atoms with Gasteiger partial charge in [0, 0.05) is 24.4 Å². The molecule has 1 saturated heterocycles. The van der Waals surface area contributed by atoms with Gasteiger partial charge in [-0.05, 0) is 24.6 Å². The first-order chi connectivity index (χ1) is 7.66. The lowest BCUT2D eigenvalue weighted by atomic mass is 9.84. The lowest BCUT2D eigenvalue weighted by Gasteiger charge is -2.39. The van der Waals surface area contributed by atoms with E-state index in [0.717, 1.165) is 23.9 Å². The summed E-state index contributed by atoms with van der Waals surface area (Å²) in [6, 6.07) is 8.36. The van der Waals surface area contributed by atoms with Gasteiger partial charge in [0.1, 0.15) is 0 Å². The fourth-order valence-electron chi connectivity index (χ4n) is 2.39. The molecule has 88 valence electrons. The van der Waals surface area contributed by atoms with Crippen molar-refractivity contribution in [2.75, 3.05) is 13.7 Å². The van der Waals surface area contributed by atoms with Crippen molar-refractivity contribution < 1.29 is 9.47 Å². The molecule has 2 rings (SSSR count). The Kier molecular flexibility index (Phi) is 3.67. The monoisotopic (exact) mass is 284 g/mol. The van der Waals surface area contributed by atoms with Crippen molar-refractivity contribution in [3.05, 3.63) is 34.3 Å². The average Bonchev–Trinajstić information content (AvgIpc) is 2.29. The third-order valence-electron chi connectivity index (χ3n) is 3.27. The van der Waals surface area contributed by atoms with Crippen LogP contribution in [-0.4, -0.2) is 19.8 Å². The molecule has 1 aliphatic heterocycles. The number of hydrogen-bond acceptors (Lipinski definition) is 2. The van der Waals surface area contributed by atoms with Crippen LogP contribution in [0.3, 0.4) is 0 Å². The van der Waals surface area contributed by atoms with E-state index in [-0.39, 0.29) is 11.7 Å². The van der Waals surface area contributed by atoms with E-state index >= 15 is 0 Å². The lowest BCUT2D eigenvalue weighted by Crippen LogP contribution is -2.39. The number of rotatable bonds is 2. The second-order valence-corrected chi connectivity index (χ2v) is 5.26.